The fourth-order valence-corrected chi connectivity index (χ4v) is 4.27. The topological polar surface area (TPSA) is 106 Å². The average molecular weight is 480 g/mol. The van der Waals surface area contributed by atoms with Gasteiger partial charge in [0.25, 0.3) is 0 Å². The van der Waals surface area contributed by atoms with Crippen LogP contribution >= 0.6 is 0 Å². The summed E-state index contributed by atoms with van der Waals surface area (Å²) >= 11 is 0. The first-order valence-corrected chi connectivity index (χ1v) is 10.6. The second kappa shape index (κ2) is 9.51. The summed E-state index contributed by atoms with van der Waals surface area (Å²) in [6, 6.07) is 8.53. The first kappa shape index (κ1) is 23.8. The van der Waals surface area contributed by atoms with Gasteiger partial charge in [-0.2, -0.15) is 13.2 Å². The molecule has 0 unspecified atom stereocenters. The summed E-state index contributed by atoms with van der Waals surface area (Å²) in [5.74, 6) is -0.00520. The fourth-order valence-electron chi connectivity index (χ4n) is 4.27. The number of halogens is 3. The molecule has 0 aliphatic carbocycles. The number of hydrogen-bond donors (Lipinski definition) is 3. The smallest absolute Gasteiger partial charge is 0.416 e. The molecular formula is C23H23F3N2O6. The number of aliphatic hydroxyl groups excluding tert-OH is 1. The van der Waals surface area contributed by atoms with Gasteiger partial charge in [-0.05, 0) is 48.9 Å². The molecule has 4 rings (SSSR count). The van der Waals surface area contributed by atoms with Crippen LogP contribution in [0.15, 0.2) is 42.5 Å². The predicted molar refractivity (Wildman–Crippen MR) is 115 cm³/mol. The van der Waals surface area contributed by atoms with Gasteiger partial charge in [0, 0.05) is 22.9 Å². The van der Waals surface area contributed by atoms with Gasteiger partial charge in [-0.1, -0.05) is 0 Å². The summed E-state index contributed by atoms with van der Waals surface area (Å²) in [6.45, 7) is -0.284. The maximum absolute atomic E-state index is 12.7. The van der Waals surface area contributed by atoms with Crippen LogP contribution in [0.2, 0.25) is 0 Å². The minimum absolute atomic E-state index is 0.0407. The van der Waals surface area contributed by atoms with Crippen LogP contribution in [0.25, 0.3) is 0 Å². The maximum Gasteiger partial charge on any atom is 0.416 e. The molecule has 2 amide bonds. The van der Waals surface area contributed by atoms with Crippen LogP contribution < -0.4 is 15.4 Å². The molecule has 1 saturated heterocycles. The van der Waals surface area contributed by atoms with Crippen molar-refractivity contribution in [2.24, 2.45) is 0 Å². The van der Waals surface area contributed by atoms with Gasteiger partial charge in [0.2, 0.25) is 0 Å². The normalized spacial score (nSPS) is 23.3. The highest BCUT2D eigenvalue weighted by Crippen LogP contribution is 2.47. The highest BCUT2D eigenvalue weighted by atomic mass is 19.4. The van der Waals surface area contributed by atoms with Crippen LogP contribution in [0.5, 0.6) is 5.75 Å². The van der Waals surface area contributed by atoms with Gasteiger partial charge in [0.15, 0.2) is 0 Å². The van der Waals surface area contributed by atoms with Crippen LogP contribution in [0.1, 0.15) is 29.9 Å². The third-order valence-electron chi connectivity index (χ3n) is 5.85. The zero-order valence-electron chi connectivity index (χ0n) is 18.1. The molecular weight excluding hydrogens is 457 g/mol. The van der Waals surface area contributed by atoms with Crippen LogP contribution in [-0.2, 0) is 20.4 Å². The zero-order chi connectivity index (χ0) is 24.5. The molecule has 11 heteroatoms. The molecule has 2 heterocycles. The number of hydrogen-bond acceptors (Lipinski definition) is 6. The van der Waals surface area contributed by atoms with Crippen molar-refractivity contribution in [3.8, 4) is 5.75 Å². The summed E-state index contributed by atoms with van der Waals surface area (Å²) < 4.78 is 54.6. The van der Waals surface area contributed by atoms with E-state index >= 15 is 0 Å². The lowest BCUT2D eigenvalue weighted by atomic mass is 9.84. The van der Waals surface area contributed by atoms with Crippen LogP contribution in [0, 0.1) is 0 Å². The van der Waals surface area contributed by atoms with Crippen molar-refractivity contribution in [2.75, 3.05) is 24.4 Å². The molecule has 0 aromatic heterocycles. The number of rotatable bonds is 5. The molecule has 8 nitrogen and oxygen atoms in total. The minimum atomic E-state index is -4.46. The molecule has 0 saturated carbocycles. The van der Waals surface area contributed by atoms with Gasteiger partial charge < -0.3 is 30.0 Å². The van der Waals surface area contributed by atoms with Crippen molar-refractivity contribution in [1.29, 1.82) is 0 Å². The van der Waals surface area contributed by atoms with Gasteiger partial charge in [-0.15, -0.1) is 0 Å². The van der Waals surface area contributed by atoms with E-state index < -0.39 is 42.1 Å². The van der Waals surface area contributed by atoms with Crippen molar-refractivity contribution in [1.82, 2.24) is 0 Å². The number of alkyl halides is 3. The largest absolute Gasteiger partial charge is 0.487 e. The summed E-state index contributed by atoms with van der Waals surface area (Å²) in [5, 5.41) is 14.9. The fraction of sp³-hybridized carbons (Fsp3) is 0.391. The number of carbonyl (C=O) groups is 2. The standard InChI is InChI=1S/C23H23F3N2O6/c1-32-20(30)10-15-9-17-16-8-14(6-7-18(16)34-21(17)19(11-29)33-15)28-22(31)27-13-4-2-12(3-5-13)23(24,25)26/h2-8,15,17,19,21,29H,9-11H2,1H3,(H2,27,28,31)/t15-,17-,19-,21+/m1/s1. The minimum Gasteiger partial charge on any atom is -0.487 e. The van der Waals surface area contributed by atoms with E-state index in [1.165, 1.54) is 19.2 Å². The quantitative estimate of drug-likeness (QED) is 0.561. The molecule has 182 valence electrons. The Bertz CT molecular complexity index is 1060. The van der Waals surface area contributed by atoms with Crippen LogP contribution in [0.4, 0.5) is 29.3 Å². The van der Waals surface area contributed by atoms with Crippen molar-refractivity contribution in [2.45, 2.75) is 43.2 Å². The lowest BCUT2D eigenvalue weighted by Crippen LogP contribution is -2.46. The van der Waals surface area contributed by atoms with Gasteiger partial charge >= 0.3 is 18.2 Å². The number of esters is 1. The maximum atomic E-state index is 12.7. The molecule has 0 bridgehead atoms. The van der Waals surface area contributed by atoms with Gasteiger partial charge in [-0.25, -0.2) is 4.79 Å². The Morgan fingerprint density at radius 3 is 2.44 bits per heavy atom. The van der Waals surface area contributed by atoms with Crippen molar-refractivity contribution >= 4 is 23.4 Å². The molecule has 34 heavy (non-hydrogen) atoms. The molecule has 1 fully saturated rings. The molecule has 0 radical (unpaired) electrons. The van der Waals surface area contributed by atoms with Gasteiger partial charge in [-0.3, -0.25) is 4.79 Å². The van der Waals surface area contributed by atoms with Crippen molar-refractivity contribution < 1.29 is 42.1 Å². The molecule has 3 N–H and O–H groups in total. The molecule has 4 atom stereocenters. The number of ether oxygens (including phenoxy) is 3. The SMILES string of the molecule is COC(=O)C[C@H]1C[C@@H]2c3cc(NC(=O)Nc4ccc(C(F)(F)F)cc4)ccc3O[C@@H]2[C@@H](CO)O1. The molecule has 0 spiro atoms. The first-order valence-electron chi connectivity index (χ1n) is 10.6. The number of urea groups is 1. The van der Waals surface area contributed by atoms with Crippen LogP contribution in [0.3, 0.4) is 0 Å². The highest BCUT2D eigenvalue weighted by Gasteiger charge is 2.46. The number of methoxy groups -OCH3 is 1. The summed E-state index contributed by atoms with van der Waals surface area (Å²) in [7, 11) is 1.29. The lowest BCUT2D eigenvalue weighted by Gasteiger charge is -2.36. The second-order valence-corrected chi connectivity index (χ2v) is 8.09. The average Bonchev–Trinajstić information content (AvgIpc) is 3.16. The van der Waals surface area contributed by atoms with E-state index in [4.69, 9.17) is 14.2 Å². The van der Waals surface area contributed by atoms with Crippen molar-refractivity contribution in [3.63, 3.8) is 0 Å². The van der Waals surface area contributed by atoms with Crippen molar-refractivity contribution in [3.05, 3.63) is 53.6 Å². The zero-order valence-corrected chi connectivity index (χ0v) is 18.1. The molecule has 2 aliphatic heterocycles. The van der Waals surface area contributed by atoms with Gasteiger partial charge in [0.05, 0.1) is 31.8 Å². The number of anilines is 2. The third kappa shape index (κ3) is 5.10. The van der Waals surface area contributed by atoms with E-state index in [1.807, 2.05) is 0 Å². The Balaban J connectivity index is 1.45. The molecule has 2 aromatic rings. The van der Waals surface area contributed by atoms with E-state index in [0.717, 1.165) is 17.7 Å². The Hall–Kier alpha value is -3.31. The lowest BCUT2D eigenvalue weighted by molar-refractivity contribution is -0.156. The Morgan fingerprint density at radius 2 is 1.79 bits per heavy atom. The number of aliphatic hydroxyl groups is 1. The Kier molecular flexibility index (Phi) is 6.67. The molecule has 2 aromatic carbocycles. The van der Waals surface area contributed by atoms with E-state index in [0.29, 0.717) is 17.9 Å². The van der Waals surface area contributed by atoms with E-state index in [1.54, 1.807) is 18.2 Å². The number of carbonyl (C=O) groups excluding carboxylic acids is 2. The Labute approximate surface area is 193 Å². The van der Waals surface area contributed by atoms with E-state index in [2.05, 4.69) is 10.6 Å². The number of nitrogens with one attached hydrogen (secondary N) is 2. The monoisotopic (exact) mass is 480 g/mol. The van der Waals surface area contributed by atoms with E-state index in [9.17, 15) is 27.9 Å². The third-order valence-corrected chi connectivity index (χ3v) is 5.85. The summed E-state index contributed by atoms with van der Waals surface area (Å²) in [4.78, 5) is 24.1. The Morgan fingerprint density at radius 1 is 1.12 bits per heavy atom. The second-order valence-electron chi connectivity index (χ2n) is 8.09. The number of amides is 2. The summed E-state index contributed by atoms with van der Waals surface area (Å²) in [5.41, 5.74) is 0.642. The van der Waals surface area contributed by atoms with Crippen LogP contribution in [-0.4, -0.2) is 49.1 Å². The number of fused-ring (bicyclic) bond motifs is 3. The summed E-state index contributed by atoms with van der Waals surface area (Å²) in [6.07, 6.45) is -5.48. The highest BCUT2D eigenvalue weighted by molar-refractivity contribution is 5.99. The number of benzene rings is 2. The van der Waals surface area contributed by atoms with Gasteiger partial charge in [0.1, 0.15) is 18.0 Å². The van der Waals surface area contributed by atoms with E-state index in [-0.39, 0.29) is 24.6 Å². The predicted octanol–water partition coefficient (Wildman–Crippen LogP) is 3.91. The molecule has 2 aliphatic rings. The first-order chi connectivity index (χ1) is 16.2.